The number of carbonyl (C=O) groups excluding carboxylic acids is 1. The molecule has 2 aromatic heterocycles. The minimum atomic E-state index is -4.57. The fourth-order valence-corrected chi connectivity index (χ4v) is 5.18. The molecule has 2 aromatic carbocycles. The number of nitrogens with zero attached hydrogens (tertiary/aromatic N) is 7. The van der Waals surface area contributed by atoms with E-state index in [9.17, 15) is 18.0 Å². The number of hydrogen-bond acceptors (Lipinski definition) is 9. The van der Waals surface area contributed by atoms with Gasteiger partial charge in [-0.25, -0.2) is 15.1 Å². The molecule has 1 aliphatic carbocycles. The van der Waals surface area contributed by atoms with Gasteiger partial charge in [-0.15, -0.1) is 0 Å². The van der Waals surface area contributed by atoms with Crippen molar-refractivity contribution in [3.63, 3.8) is 0 Å². The number of likely N-dealkylation sites (N-methyl/N-ethyl adjacent to an activating group) is 1. The monoisotopic (exact) mass is 606 g/mol. The lowest BCUT2D eigenvalue weighted by Crippen LogP contribution is -2.46. The zero-order chi connectivity index (χ0) is 30.8. The number of carbonyl (C=O) groups is 1. The van der Waals surface area contributed by atoms with Crippen molar-refractivity contribution in [1.82, 2.24) is 30.0 Å². The number of aromatic nitrogens is 5. The quantitative estimate of drug-likeness (QED) is 0.231. The standard InChI is InChI=1S/C30H33F3N10O/c1-3-41-8-10-42(11-9-41)24-14-21(30(31,32)33)13-23(15-24)39-28(44)20-5-4-19(2)25(12-20)43(29-36-18-37-40-29)27-16-26(34-17-35-27)38-22-6-7-22/h4-5,12-18,22H,3,6-11H2,1-2H3,(H,39,44)(H,34,35,38)(H,36,37,40). The Bertz CT molecular complexity index is 1620. The van der Waals surface area contributed by atoms with Crippen molar-refractivity contribution in [2.75, 3.05) is 53.2 Å². The number of halogens is 3. The first kappa shape index (κ1) is 29.4. The molecule has 1 aliphatic heterocycles. The predicted molar refractivity (Wildman–Crippen MR) is 162 cm³/mol. The number of benzene rings is 2. The SMILES string of the molecule is CCN1CCN(c2cc(NC(=O)c3ccc(C)c(N(c4cc(NC5CC5)ncn4)c4ncn[nH]4)c3)cc(C(F)(F)F)c2)CC1. The summed E-state index contributed by atoms with van der Waals surface area (Å²) in [6.07, 6.45) is 0.392. The third-order valence-electron chi connectivity index (χ3n) is 7.83. The van der Waals surface area contributed by atoms with Gasteiger partial charge >= 0.3 is 6.18 Å². The summed E-state index contributed by atoms with van der Waals surface area (Å²) in [5, 5.41) is 12.9. The number of aryl methyl sites for hydroxylation is 1. The van der Waals surface area contributed by atoms with Crippen molar-refractivity contribution in [2.24, 2.45) is 0 Å². The molecular weight excluding hydrogens is 573 g/mol. The lowest BCUT2D eigenvalue weighted by atomic mass is 10.1. The van der Waals surface area contributed by atoms with E-state index in [-0.39, 0.29) is 11.3 Å². The van der Waals surface area contributed by atoms with Crippen LogP contribution in [0.2, 0.25) is 0 Å². The van der Waals surface area contributed by atoms with Crippen LogP contribution < -0.4 is 20.4 Å². The molecule has 230 valence electrons. The van der Waals surface area contributed by atoms with E-state index in [0.717, 1.165) is 50.2 Å². The smallest absolute Gasteiger partial charge is 0.369 e. The van der Waals surface area contributed by atoms with Gasteiger partial charge in [0.15, 0.2) is 0 Å². The van der Waals surface area contributed by atoms with Crippen LogP contribution in [0.4, 0.5) is 47.8 Å². The van der Waals surface area contributed by atoms with Gasteiger partial charge in [0.05, 0.1) is 11.3 Å². The fourth-order valence-electron chi connectivity index (χ4n) is 5.18. The number of H-pyrrole nitrogens is 1. The number of alkyl halides is 3. The van der Waals surface area contributed by atoms with Crippen LogP contribution >= 0.6 is 0 Å². The molecule has 14 heteroatoms. The Hall–Kier alpha value is -4.72. The number of amides is 1. The summed E-state index contributed by atoms with van der Waals surface area (Å²) in [7, 11) is 0. The van der Waals surface area contributed by atoms with Gasteiger partial charge in [-0.3, -0.25) is 9.69 Å². The molecule has 0 atom stereocenters. The molecule has 1 saturated carbocycles. The normalized spacial score (nSPS) is 15.7. The van der Waals surface area contributed by atoms with Crippen LogP contribution in [0.25, 0.3) is 0 Å². The average Bonchev–Trinajstić information content (AvgIpc) is 3.67. The number of piperazine rings is 1. The highest BCUT2D eigenvalue weighted by atomic mass is 19.4. The van der Waals surface area contributed by atoms with Gasteiger partial charge in [0.2, 0.25) is 5.95 Å². The molecule has 11 nitrogen and oxygen atoms in total. The molecule has 1 amide bonds. The molecule has 2 aliphatic rings. The van der Waals surface area contributed by atoms with Crippen LogP contribution in [0.5, 0.6) is 0 Å². The molecule has 2 fully saturated rings. The van der Waals surface area contributed by atoms with Crippen LogP contribution in [-0.2, 0) is 6.18 Å². The molecule has 0 unspecified atom stereocenters. The van der Waals surface area contributed by atoms with E-state index in [0.29, 0.717) is 48.1 Å². The lowest BCUT2D eigenvalue weighted by Gasteiger charge is -2.36. The average molecular weight is 607 g/mol. The van der Waals surface area contributed by atoms with Crippen molar-refractivity contribution in [2.45, 2.75) is 38.9 Å². The highest BCUT2D eigenvalue weighted by Crippen LogP contribution is 2.37. The summed E-state index contributed by atoms with van der Waals surface area (Å²) < 4.78 is 41.7. The molecule has 3 N–H and O–H groups in total. The van der Waals surface area contributed by atoms with E-state index >= 15 is 0 Å². The number of aromatic amines is 1. The first-order valence-electron chi connectivity index (χ1n) is 14.5. The minimum absolute atomic E-state index is 0.0681. The van der Waals surface area contributed by atoms with E-state index in [1.54, 1.807) is 35.2 Å². The Kier molecular flexibility index (Phi) is 8.08. The van der Waals surface area contributed by atoms with E-state index in [1.165, 1.54) is 12.7 Å². The van der Waals surface area contributed by atoms with Crippen molar-refractivity contribution in [1.29, 1.82) is 0 Å². The second kappa shape index (κ2) is 12.1. The largest absolute Gasteiger partial charge is 0.416 e. The molecular formula is C30H33F3N10O. The maximum Gasteiger partial charge on any atom is 0.416 e. The summed E-state index contributed by atoms with van der Waals surface area (Å²) in [6, 6.07) is 10.9. The van der Waals surface area contributed by atoms with Crippen molar-refractivity contribution in [3.8, 4) is 0 Å². The van der Waals surface area contributed by atoms with Crippen molar-refractivity contribution < 1.29 is 18.0 Å². The van der Waals surface area contributed by atoms with Gasteiger partial charge < -0.3 is 20.4 Å². The maximum absolute atomic E-state index is 13.9. The Labute approximate surface area is 252 Å². The molecule has 0 bridgehead atoms. The Balaban J connectivity index is 1.30. The zero-order valence-electron chi connectivity index (χ0n) is 24.4. The molecule has 1 saturated heterocycles. The molecule has 6 rings (SSSR count). The van der Waals surface area contributed by atoms with Gasteiger partial charge in [0.25, 0.3) is 5.91 Å². The molecule has 44 heavy (non-hydrogen) atoms. The third kappa shape index (κ3) is 6.59. The van der Waals surface area contributed by atoms with Crippen LogP contribution in [0.15, 0.2) is 55.1 Å². The van der Waals surface area contributed by atoms with Crippen LogP contribution in [0, 0.1) is 6.92 Å². The second-order valence-corrected chi connectivity index (χ2v) is 11.0. The molecule has 0 spiro atoms. The Morgan fingerprint density at radius 2 is 1.82 bits per heavy atom. The molecule has 3 heterocycles. The topological polar surface area (TPSA) is 118 Å². The highest BCUT2D eigenvalue weighted by Gasteiger charge is 2.32. The summed E-state index contributed by atoms with van der Waals surface area (Å²) in [5.41, 5.74) is 1.31. The summed E-state index contributed by atoms with van der Waals surface area (Å²) in [4.78, 5) is 32.5. The first-order valence-corrected chi connectivity index (χ1v) is 14.5. The summed E-state index contributed by atoms with van der Waals surface area (Å²) in [6.45, 7) is 7.54. The van der Waals surface area contributed by atoms with E-state index in [1.807, 2.05) is 11.8 Å². The number of anilines is 6. The highest BCUT2D eigenvalue weighted by molar-refractivity contribution is 6.05. The van der Waals surface area contributed by atoms with E-state index < -0.39 is 17.6 Å². The molecule has 4 aromatic rings. The predicted octanol–water partition coefficient (Wildman–Crippen LogP) is 5.36. The summed E-state index contributed by atoms with van der Waals surface area (Å²) in [5.74, 6) is 0.965. The van der Waals surface area contributed by atoms with Crippen LogP contribution in [0.3, 0.4) is 0 Å². The van der Waals surface area contributed by atoms with Gasteiger partial charge in [-0.05, 0) is 62.2 Å². The Morgan fingerprint density at radius 3 is 2.50 bits per heavy atom. The van der Waals surface area contributed by atoms with Crippen molar-refractivity contribution >= 4 is 40.6 Å². The van der Waals surface area contributed by atoms with Gasteiger partial charge in [0.1, 0.15) is 24.3 Å². The maximum atomic E-state index is 13.9. The summed E-state index contributed by atoms with van der Waals surface area (Å²) >= 11 is 0. The Morgan fingerprint density at radius 1 is 1.02 bits per heavy atom. The van der Waals surface area contributed by atoms with E-state index in [4.69, 9.17) is 0 Å². The number of hydrogen-bond donors (Lipinski definition) is 3. The van der Waals surface area contributed by atoms with Crippen LogP contribution in [0.1, 0.15) is 41.3 Å². The van der Waals surface area contributed by atoms with E-state index in [2.05, 4.69) is 47.6 Å². The number of rotatable bonds is 9. The van der Waals surface area contributed by atoms with Gasteiger partial charge in [-0.2, -0.15) is 23.3 Å². The second-order valence-electron chi connectivity index (χ2n) is 11.0. The lowest BCUT2D eigenvalue weighted by molar-refractivity contribution is -0.137. The first-order chi connectivity index (χ1) is 21.2. The minimum Gasteiger partial charge on any atom is -0.369 e. The van der Waals surface area contributed by atoms with Crippen LogP contribution in [-0.4, -0.2) is 74.7 Å². The third-order valence-corrected chi connectivity index (χ3v) is 7.83. The van der Waals surface area contributed by atoms with Gasteiger partial charge in [-0.1, -0.05) is 13.0 Å². The zero-order valence-corrected chi connectivity index (χ0v) is 24.4. The fraction of sp³-hybridized carbons (Fsp3) is 0.367. The molecule has 0 radical (unpaired) electrons. The van der Waals surface area contributed by atoms with Gasteiger partial charge in [0, 0.05) is 55.2 Å². The van der Waals surface area contributed by atoms with Crippen molar-refractivity contribution in [3.05, 3.63) is 71.8 Å². The number of nitrogens with one attached hydrogen (secondary N) is 3.